The Morgan fingerprint density at radius 3 is 1.63 bits per heavy atom. The van der Waals surface area contributed by atoms with Gasteiger partial charge >= 0.3 is 11.9 Å². The molecule has 2 N–H and O–H groups in total. The van der Waals surface area contributed by atoms with E-state index in [1.807, 2.05) is 0 Å². The smallest absolute Gasteiger partial charge is 0.362 e. The van der Waals surface area contributed by atoms with Gasteiger partial charge in [0, 0.05) is 19.3 Å². The maximum atomic E-state index is 12.1. The molecule has 0 fully saturated rings. The van der Waals surface area contributed by atoms with E-state index < -0.39 is 40.5 Å². The predicted molar refractivity (Wildman–Crippen MR) is 115 cm³/mol. The number of carbonyl (C=O) groups excluding carboxylic acids is 1. The minimum Gasteiger partial charge on any atom is -0.544 e. The molecule has 3 unspecified atom stereocenters. The van der Waals surface area contributed by atoms with Crippen molar-refractivity contribution in [3.05, 3.63) is 12.2 Å². The van der Waals surface area contributed by atoms with Crippen LogP contribution in [0.3, 0.4) is 0 Å². The molecule has 0 aliphatic carbocycles. The van der Waals surface area contributed by atoms with Crippen molar-refractivity contribution in [1.29, 1.82) is 0 Å². The first-order valence-corrected chi connectivity index (χ1v) is 11.4. The second-order valence-electron chi connectivity index (χ2n) is 7.92. The van der Waals surface area contributed by atoms with Gasteiger partial charge in [0.1, 0.15) is 6.04 Å². The second kappa shape index (κ2) is 15.0. The molecule has 3 atom stereocenters. The molecule has 0 amide bonds. The molecule has 0 aromatic rings. The van der Waals surface area contributed by atoms with E-state index in [4.69, 9.17) is 0 Å². The van der Waals surface area contributed by atoms with Gasteiger partial charge in [-0.1, -0.05) is 52.7 Å². The number of nitrogens with zero attached hydrogens (tertiary/aromatic N) is 1. The SMILES string of the molecule is CC/C=C/CCCCCCC[N+](C(CC)C(=O)[O-])(C(CC)C(=O)O)C(CC)C(=O)O. The summed E-state index contributed by atoms with van der Waals surface area (Å²) in [6.07, 6.45) is 11.3. The van der Waals surface area contributed by atoms with Crippen molar-refractivity contribution in [3.8, 4) is 0 Å². The van der Waals surface area contributed by atoms with Gasteiger partial charge in [-0.15, -0.1) is 0 Å². The third-order valence-electron chi connectivity index (χ3n) is 6.06. The van der Waals surface area contributed by atoms with Crippen LogP contribution in [0.4, 0.5) is 0 Å². The van der Waals surface area contributed by atoms with Crippen molar-refractivity contribution >= 4 is 17.9 Å². The summed E-state index contributed by atoms with van der Waals surface area (Å²) < 4.78 is -0.476. The van der Waals surface area contributed by atoms with E-state index >= 15 is 0 Å². The number of allylic oxidation sites excluding steroid dienone is 2. The zero-order chi connectivity index (χ0) is 23.2. The highest BCUT2D eigenvalue weighted by Gasteiger charge is 2.53. The number of hydrogen-bond donors (Lipinski definition) is 2. The molecule has 7 nitrogen and oxygen atoms in total. The number of rotatable bonds is 18. The van der Waals surface area contributed by atoms with E-state index in [1.165, 1.54) is 0 Å². The number of unbranched alkanes of at least 4 members (excludes halogenated alkanes) is 5. The Morgan fingerprint density at radius 2 is 1.23 bits per heavy atom. The molecular formula is C23H41NO6. The first-order valence-electron chi connectivity index (χ1n) is 11.4. The van der Waals surface area contributed by atoms with Crippen molar-refractivity contribution in [2.45, 2.75) is 110 Å². The van der Waals surface area contributed by atoms with Crippen LogP contribution in [0, 0.1) is 0 Å². The summed E-state index contributed by atoms with van der Waals surface area (Å²) in [5.74, 6) is -3.68. The predicted octanol–water partition coefficient (Wildman–Crippen LogP) is 3.36. The summed E-state index contributed by atoms with van der Waals surface area (Å²) >= 11 is 0. The van der Waals surface area contributed by atoms with Crippen LogP contribution < -0.4 is 5.11 Å². The third-order valence-corrected chi connectivity index (χ3v) is 6.06. The summed E-state index contributed by atoms with van der Waals surface area (Å²) in [5, 5.41) is 31.8. The fourth-order valence-electron chi connectivity index (χ4n) is 4.72. The van der Waals surface area contributed by atoms with Crippen molar-refractivity contribution in [2.24, 2.45) is 0 Å². The van der Waals surface area contributed by atoms with E-state index in [1.54, 1.807) is 20.8 Å². The Morgan fingerprint density at radius 1 is 0.767 bits per heavy atom. The highest BCUT2D eigenvalue weighted by Crippen LogP contribution is 2.32. The van der Waals surface area contributed by atoms with E-state index in [0.717, 1.165) is 38.5 Å². The van der Waals surface area contributed by atoms with Crippen LogP contribution >= 0.6 is 0 Å². The topological polar surface area (TPSA) is 115 Å². The van der Waals surface area contributed by atoms with Gasteiger partial charge in [-0.05, 0) is 32.1 Å². The number of quaternary nitrogens is 1. The fraction of sp³-hybridized carbons (Fsp3) is 0.783. The highest BCUT2D eigenvalue weighted by molar-refractivity contribution is 5.77. The van der Waals surface area contributed by atoms with Crippen LogP contribution in [0.5, 0.6) is 0 Å². The highest BCUT2D eigenvalue weighted by atomic mass is 16.4. The molecule has 0 aliphatic heterocycles. The van der Waals surface area contributed by atoms with Gasteiger partial charge in [-0.3, -0.25) is 4.48 Å². The van der Waals surface area contributed by atoms with Crippen LogP contribution in [-0.2, 0) is 14.4 Å². The Hall–Kier alpha value is -1.89. The lowest BCUT2D eigenvalue weighted by Crippen LogP contribution is -2.73. The Balaban J connectivity index is 5.63. The van der Waals surface area contributed by atoms with Gasteiger partial charge in [0.2, 0.25) is 0 Å². The first kappa shape index (κ1) is 28.1. The van der Waals surface area contributed by atoms with Crippen molar-refractivity contribution < 1.29 is 34.2 Å². The molecule has 0 saturated heterocycles. The summed E-state index contributed by atoms with van der Waals surface area (Å²) in [4.78, 5) is 36.2. The number of aliphatic carboxylic acids is 3. The lowest BCUT2D eigenvalue weighted by atomic mass is 9.94. The van der Waals surface area contributed by atoms with E-state index in [2.05, 4.69) is 19.1 Å². The maximum Gasteiger partial charge on any atom is 0.362 e. The van der Waals surface area contributed by atoms with Crippen molar-refractivity contribution in [3.63, 3.8) is 0 Å². The molecule has 0 saturated carbocycles. The molecule has 7 heteroatoms. The molecule has 0 heterocycles. The summed E-state index contributed by atoms with van der Waals surface area (Å²) in [7, 11) is 0. The summed E-state index contributed by atoms with van der Waals surface area (Å²) in [5.41, 5.74) is 0. The van der Waals surface area contributed by atoms with Crippen LogP contribution in [-0.4, -0.2) is 57.3 Å². The van der Waals surface area contributed by atoms with Gasteiger partial charge in [-0.25, -0.2) is 9.59 Å². The van der Waals surface area contributed by atoms with Gasteiger partial charge in [-0.2, -0.15) is 0 Å². The standard InChI is InChI=1S/C23H41NO6/c1-5-9-10-11-12-13-14-15-16-17-24(18(6-2)21(25)26,19(7-3)22(27)28)20(8-4)23(29)30/h9-10,18-20H,5-8,11-17H2,1-4H3,(H2-,25,26,27,28,29,30)/b10-9+. The second-order valence-corrected chi connectivity index (χ2v) is 7.92. The lowest BCUT2D eigenvalue weighted by Gasteiger charge is -2.51. The van der Waals surface area contributed by atoms with E-state index in [0.29, 0.717) is 6.42 Å². The Labute approximate surface area is 181 Å². The largest absolute Gasteiger partial charge is 0.544 e. The molecule has 0 bridgehead atoms. The number of hydrogen-bond acceptors (Lipinski definition) is 4. The number of carboxylic acid groups (broad SMARTS) is 3. The number of carboxylic acids is 3. The monoisotopic (exact) mass is 427 g/mol. The minimum atomic E-state index is -1.38. The Bertz CT molecular complexity index is 505. The van der Waals surface area contributed by atoms with E-state index in [-0.39, 0.29) is 25.8 Å². The molecular weight excluding hydrogens is 386 g/mol. The van der Waals surface area contributed by atoms with Gasteiger partial charge in [0.25, 0.3) is 0 Å². The Kier molecular flexibility index (Phi) is 14.0. The van der Waals surface area contributed by atoms with Crippen molar-refractivity contribution in [2.75, 3.05) is 6.54 Å². The zero-order valence-electron chi connectivity index (χ0n) is 19.1. The van der Waals surface area contributed by atoms with Gasteiger partial charge in [0.15, 0.2) is 12.1 Å². The van der Waals surface area contributed by atoms with Crippen LogP contribution in [0.2, 0.25) is 0 Å². The molecule has 0 aromatic heterocycles. The summed E-state index contributed by atoms with van der Waals surface area (Å²) in [6.45, 7) is 7.30. The minimum absolute atomic E-state index is 0.125. The molecule has 0 aromatic carbocycles. The van der Waals surface area contributed by atoms with Gasteiger partial charge in [0.05, 0.1) is 12.5 Å². The normalized spacial score (nSPS) is 16.7. The lowest BCUT2D eigenvalue weighted by molar-refractivity contribution is -0.974. The van der Waals surface area contributed by atoms with Crippen LogP contribution in [0.1, 0.15) is 91.9 Å². The number of carbonyl (C=O) groups is 3. The average Bonchev–Trinajstić information content (AvgIpc) is 2.67. The van der Waals surface area contributed by atoms with Crippen LogP contribution in [0.25, 0.3) is 0 Å². The quantitative estimate of drug-likeness (QED) is 0.197. The summed E-state index contributed by atoms with van der Waals surface area (Å²) in [6, 6.07) is -3.38. The molecule has 30 heavy (non-hydrogen) atoms. The molecule has 174 valence electrons. The maximum absolute atomic E-state index is 12.1. The van der Waals surface area contributed by atoms with Crippen molar-refractivity contribution in [1.82, 2.24) is 0 Å². The van der Waals surface area contributed by atoms with E-state index in [9.17, 15) is 29.7 Å². The van der Waals surface area contributed by atoms with Gasteiger partial charge < -0.3 is 20.1 Å². The molecule has 0 rings (SSSR count). The molecule has 0 radical (unpaired) electrons. The zero-order valence-corrected chi connectivity index (χ0v) is 19.1. The average molecular weight is 428 g/mol. The first-order chi connectivity index (χ1) is 14.2. The molecule has 0 aliphatic rings. The fourth-order valence-corrected chi connectivity index (χ4v) is 4.72. The van der Waals surface area contributed by atoms with Crippen LogP contribution in [0.15, 0.2) is 12.2 Å². The third kappa shape index (κ3) is 7.74. The molecule has 0 spiro atoms.